The standard InChI is InChI=1S/C39H41NO5S2.C38H38FNO5S2.C14H16FNO3S2.CH2O3.2K.H/c1-5-28-44-35-25-15-24-34-33(35)23-16-26-36(34)47(42,43)40(37(41)45-38(2,3)4)27-29-46-39(30-17-9-6-10-18-30,31-19-11-7-12-20-31)32-21-13-8-14-22-32;1-37(2,3)45-36(41)40(47(42,43)35-24-14-21-32-33(35)22-13-23-34(32)44-27-25-39)26-28-46-38(29-15-7-4-8-16-29,30-17-9-5-10-18-30)31-19-11-6-12-20-31;15-7-9-19-13-5-1-4-12-11(13)3-2-6-14(12)21(17,18)16-8-10-20;2-1-4-3;;;/h6-26H,5,27-29H2,1-4H3;4-24H,25-28H2,1-3H3;1-6,16,20H,7-10H2;1,3H;;;/q;;;;2*+1;-1/p-1. The Morgan fingerprint density at radius 1 is 0.421 bits per heavy atom. The number of halogens is 2. The molecule has 0 spiro atoms. The van der Waals surface area contributed by atoms with E-state index in [4.69, 9.17) is 33.7 Å². The molecular formula is C92H97F2K2N3O16S6. The van der Waals surface area contributed by atoms with Crippen LogP contribution in [0, 0.1) is 0 Å². The Hall–Kier alpha value is -7.22. The third kappa shape index (κ3) is 26.4. The fraction of sp³-hybridized carbons (Fsp3) is 0.250. The molecule has 0 aromatic heterocycles. The van der Waals surface area contributed by atoms with Crippen LogP contribution in [0.1, 0.15) is 89.7 Å². The number of benzene rings is 12. The molecule has 0 aliphatic rings. The molecule has 0 saturated heterocycles. The Bertz CT molecular complexity index is 5180. The Kier molecular flexibility index (Phi) is 40.3. The quantitative estimate of drug-likeness (QED) is 0.00992. The summed E-state index contributed by atoms with van der Waals surface area (Å²) in [5.41, 5.74) is 4.34. The Balaban J connectivity index is 0.000000291. The SMILES string of the molecule is CC(C)(C)OC(=O)N(CCSC(c1ccccc1)(c1ccccc1)c1ccccc1)S(=O)(=O)c1cccc2c(OCCF)cccc12.CCCOc1cccc2c(S(=O)(=O)N(CCSC(c3ccccc3)(c3ccccc3)c3ccccc3)C(=O)OC(C)(C)C)cccc12.O=CO[O-].O=S(=O)(NCCS)c1cccc2c(OCCF)cccc12.[H-].[K+].[K+]. The predicted molar refractivity (Wildman–Crippen MR) is 471 cm³/mol. The molecule has 0 aliphatic carbocycles. The zero-order valence-electron chi connectivity index (χ0n) is 69.9. The van der Waals surface area contributed by atoms with Crippen LogP contribution in [-0.2, 0) is 58.7 Å². The summed E-state index contributed by atoms with van der Waals surface area (Å²) >= 11 is 7.12. The van der Waals surface area contributed by atoms with Crippen molar-refractivity contribution in [3.63, 3.8) is 0 Å². The molecule has 0 bridgehead atoms. The second-order valence-corrected chi connectivity index (χ2v) is 36.9. The number of ether oxygens (including phenoxy) is 5. The number of fused-ring (bicyclic) bond motifs is 3. The third-order valence-corrected chi connectivity index (χ3v) is 26.5. The van der Waals surface area contributed by atoms with Gasteiger partial charge in [-0.05, 0) is 118 Å². The van der Waals surface area contributed by atoms with Crippen LogP contribution in [0.3, 0.4) is 0 Å². The molecule has 0 atom stereocenters. The largest absolute Gasteiger partial charge is 1.00 e. The number of amides is 2. The van der Waals surface area contributed by atoms with Crippen molar-refractivity contribution in [2.24, 2.45) is 0 Å². The maximum absolute atomic E-state index is 14.5. The zero-order chi connectivity index (χ0) is 85.7. The zero-order valence-corrected chi connectivity index (χ0v) is 80.2. The van der Waals surface area contributed by atoms with Crippen molar-refractivity contribution in [1.29, 1.82) is 0 Å². The van der Waals surface area contributed by atoms with Gasteiger partial charge in [0.2, 0.25) is 10.0 Å². The molecule has 29 heteroatoms. The van der Waals surface area contributed by atoms with Gasteiger partial charge in [0.1, 0.15) is 55.0 Å². The number of thiol groups is 1. The van der Waals surface area contributed by atoms with E-state index in [0.29, 0.717) is 61.9 Å². The number of carbonyl (C=O) groups excluding carboxylic acids is 3. The Morgan fingerprint density at radius 2 is 0.686 bits per heavy atom. The van der Waals surface area contributed by atoms with E-state index in [1.54, 1.807) is 144 Å². The van der Waals surface area contributed by atoms with E-state index in [2.05, 4.69) is 95.0 Å². The van der Waals surface area contributed by atoms with Gasteiger partial charge in [0.25, 0.3) is 26.5 Å². The van der Waals surface area contributed by atoms with Gasteiger partial charge in [0.15, 0.2) is 0 Å². The van der Waals surface area contributed by atoms with Crippen LogP contribution < -0.4 is 127 Å². The minimum Gasteiger partial charge on any atom is -1.00 e. The van der Waals surface area contributed by atoms with Gasteiger partial charge in [0.05, 0.1) is 30.8 Å². The molecule has 12 aromatic carbocycles. The molecule has 1 N–H and O–H groups in total. The van der Waals surface area contributed by atoms with Crippen LogP contribution in [0.2, 0.25) is 0 Å². The van der Waals surface area contributed by atoms with Gasteiger partial charge in [-0.2, -0.15) is 21.2 Å². The van der Waals surface area contributed by atoms with Crippen molar-refractivity contribution >= 4 is 117 Å². The predicted octanol–water partition coefficient (Wildman–Crippen LogP) is 13.1. The first kappa shape index (κ1) is 101. The van der Waals surface area contributed by atoms with E-state index in [1.807, 2.05) is 128 Å². The summed E-state index contributed by atoms with van der Waals surface area (Å²) in [4.78, 5) is 38.9. The van der Waals surface area contributed by atoms with Gasteiger partial charge in [-0.15, -0.1) is 23.5 Å². The summed E-state index contributed by atoms with van der Waals surface area (Å²) in [5, 5.41) is 11.6. The Morgan fingerprint density at radius 3 is 0.950 bits per heavy atom. The second kappa shape index (κ2) is 48.3. The van der Waals surface area contributed by atoms with Crippen LogP contribution in [0.15, 0.2) is 306 Å². The fourth-order valence-corrected chi connectivity index (χ4v) is 20.9. The van der Waals surface area contributed by atoms with Gasteiger partial charge in [-0.25, -0.2) is 48.3 Å². The van der Waals surface area contributed by atoms with E-state index in [9.17, 15) is 43.6 Å². The van der Waals surface area contributed by atoms with Crippen molar-refractivity contribution in [3.05, 3.63) is 325 Å². The second-order valence-electron chi connectivity index (χ2n) is 28.4. The third-order valence-electron chi connectivity index (χ3n) is 18.0. The summed E-state index contributed by atoms with van der Waals surface area (Å²) in [5.74, 6) is 2.36. The summed E-state index contributed by atoms with van der Waals surface area (Å²) in [6.45, 7) is 11.1. The number of carbonyl (C=O) groups is 3. The van der Waals surface area contributed by atoms with Crippen molar-refractivity contribution in [3.8, 4) is 17.2 Å². The number of thioether (sulfide) groups is 2. The smallest absolute Gasteiger partial charge is 1.00 e. The molecular weight excluding hydrogens is 1710 g/mol. The average molecular weight is 1810 g/mol. The molecule has 0 fully saturated rings. The van der Waals surface area contributed by atoms with E-state index in [1.165, 1.54) is 18.2 Å². The van der Waals surface area contributed by atoms with E-state index < -0.39 is 76.3 Å². The Labute approximate surface area is 809 Å². The summed E-state index contributed by atoms with van der Waals surface area (Å²) in [6, 6.07) is 90.8. The molecule has 628 valence electrons. The number of rotatable bonds is 32. The summed E-state index contributed by atoms with van der Waals surface area (Å²) < 4.78 is 139. The van der Waals surface area contributed by atoms with Crippen molar-refractivity contribution in [2.75, 3.05) is 70.1 Å². The van der Waals surface area contributed by atoms with Crippen LogP contribution >= 0.6 is 36.2 Å². The summed E-state index contributed by atoms with van der Waals surface area (Å²) in [7, 11) is -12.4. The molecule has 19 nitrogen and oxygen atoms in total. The number of hydrogen-bond acceptors (Lipinski definition) is 19. The minimum absolute atomic E-state index is 0. The summed E-state index contributed by atoms with van der Waals surface area (Å²) in [6.07, 6.45) is -1.07. The first-order chi connectivity index (χ1) is 57.2. The molecule has 12 rings (SSSR count). The van der Waals surface area contributed by atoms with E-state index in [-0.39, 0.29) is 170 Å². The van der Waals surface area contributed by atoms with Gasteiger partial charge in [0, 0.05) is 69.2 Å². The molecule has 0 radical (unpaired) electrons. The first-order valence-corrected chi connectivity index (χ1v) is 45.1. The number of hydrogen-bond donors (Lipinski definition) is 2. The van der Waals surface area contributed by atoms with Crippen molar-refractivity contribution in [1.82, 2.24) is 13.3 Å². The molecule has 0 heterocycles. The van der Waals surface area contributed by atoms with Gasteiger partial charge >= 0.3 is 115 Å². The topological polar surface area (TPSA) is 251 Å². The van der Waals surface area contributed by atoms with Crippen LogP contribution in [0.25, 0.3) is 32.3 Å². The van der Waals surface area contributed by atoms with Gasteiger partial charge in [-0.3, -0.25) is 4.79 Å². The van der Waals surface area contributed by atoms with Gasteiger partial charge < -0.3 is 35.3 Å². The number of sulfonamides is 3. The first-order valence-electron chi connectivity index (χ1n) is 38.2. The molecule has 12 aromatic rings. The molecule has 0 unspecified atom stereocenters. The normalized spacial score (nSPS) is 11.6. The van der Waals surface area contributed by atoms with E-state index >= 15 is 0 Å². The molecule has 0 saturated carbocycles. The van der Waals surface area contributed by atoms with E-state index in [0.717, 1.165) is 48.4 Å². The number of nitrogens with one attached hydrogen (secondary N) is 1. The minimum atomic E-state index is -4.43. The van der Waals surface area contributed by atoms with Crippen molar-refractivity contribution in [2.45, 2.75) is 90.3 Å². The van der Waals surface area contributed by atoms with Crippen LogP contribution in [-0.4, -0.2) is 134 Å². The molecule has 0 aliphatic heterocycles. The average Bonchev–Trinajstić information content (AvgIpc) is 0.749. The number of nitrogens with zero attached hydrogens (tertiary/aromatic N) is 2. The molecule has 121 heavy (non-hydrogen) atoms. The number of alkyl halides is 2. The molecule has 2 amide bonds. The van der Waals surface area contributed by atoms with Crippen LogP contribution in [0.5, 0.6) is 17.2 Å². The maximum atomic E-state index is 14.5. The van der Waals surface area contributed by atoms with Crippen LogP contribution in [0.4, 0.5) is 18.4 Å². The van der Waals surface area contributed by atoms with Crippen molar-refractivity contribution < 1.29 is 186 Å². The monoisotopic (exact) mass is 1810 g/mol. The maximum Gasteiger partial charge on any atom is 1.00 e. The van der Waals surface area contributed by atoms with Gasteiger partial charge in [-0.1, -0.05) is 262 Å². The fourth-order valence-electron chi connectivity index (χ4n) is 13.2.